The first-order valence-electron chi connectivity index (χ1n) is 3.63. The van der Waals surface area contributed by atoms with Gasteiger partial charge in [0, 0.05) is 12.8 Å². The van der Waals surface area contributed by atoms with Crippen LogP contribution in [-0.2, 0) is 4.79 Å². The summed E-state index contributed by atoms with van der Waals surface area (Å²) < 4.78 is 1.22. The van der Waals surface area contributed by atoms with Gasteiger partial charge in [0.2, 0.25) is 0 Å². The van der Waals surface area contributed by atoms with E-state index in [4.69, 9.17) is 9.94 Å². The van der Waals surface area contributed by atoms with Crippen LogP contribution in [0.5, 0.6) is 0 Å². The van der Waals surface area contributed by atoms with Crippen molar-refractivity contribution >= 4 is 5.97 Å². The fourth-order valence-electron chi connectivity index (χ4n) is 0.687. The molecule has 0 spiro atoms. The number of hydrogen-bond donors (Lipinski definition) is 1. The van der Waals surface area contributed by atoms with Gasteiger partial charge in [0.1, 0.15) is 6.33 Å². The number of nitrogens with zero attached hydrogens (tertiary/aromatic N) is 2. The summed E-state index contributed by atoms with van der Waals surface area (Å²) in [7, 11) is 0. The van der Waals surface area contributed by atoms with Crippen molar-refractivity contribution in [2.24, 2.45) is 0 Å². The molecule has 0 aliphatic rings. The van der Waals surface area contributed by atoms with Gasteiger partial charge in [-0.15, -0.1) is 0 Å². The summed E-state index contributed by atoms with van der Waals surface area (Å²) in [6.45, 7) is -0.000964. The quantitative estimate of drug-likeness (QED) is 0.668. The third-order valence-corrected chi connectivity index (χ3v) is 1.23. The lowest BCUT2D eigenvalue weighted by Crippen LogP contribution is -2.18. The van der Waals surface area contributed by atoms with E-state index in [-0.39, 0.29) is 19.0 Å². The van der Waals surface area contributed by atoms with Crippen molar-refractivity contribution in [3.8, 4) is 0 Å². The van der Waals surface area contributed by atoms with Crippen LogP contribution in [0.15, 0.2) is 18.7 Å². The minimum Gasteiger partial charge on any atom is -0.396 e. The third-order valence-electron chi connectivity index (χ3n) is 1.23. The number of rotatable bonds is 4. The zero-order valence-corrected chi connectivity index (χ0v) is 6.51. The Morgan fingerprint density at radius 1 is 1.67 bits per heavy atom. The second-order valence-electron chi connectivity index (χ2n) is 2.21. The smallest absolute Gasteiger partial charge is 0.333 e. The summed E-state index contributed by atoms with van der Waals surface area (Å²) >= 11 is 0. The third kappa shape index (κ3) is 2.71. The molecule has 1 heterocycles. The average molecular weight is 170 g/mol. The molecule has 0 atom stereocenters. The van der Waals surface area contributed by atoms with E-state index in [9.17, 15) is 4.79 Å². The molecular formula is C7H10N2O3. The van der Waals surface area contributed by atoms with E-state index in [0.717, 1.165) is 0 Å². The maximum atomic E-state index is 10.9. The lowest BCUT2D eigenvalue weighted by molar-refractivity contribution is -0.144. The fourth-order valence-corrected chi connectivity index (χ4v) is 0.687. The first-order valence-corrected chi connectivity index (χ1v) is 3.63. The molecule has 1 N–H and O–H groups in total. The molecule has 0 unspecified atom stereocenters. The maximum absolute atomic E-state index is 10.9. The van der Waals surface area contributed by atoms with Gasteiger partial charge in [0.25, 0.3) is 0 Å². The molecule has 0 bridgehead atoms. The van der Waals surface area contributed by atoms with Gasteiger partial charge in [-0.3, -0.25) is 0 Å². The Labute approximate surface area is 69.6 Å². The molecule has 0 fully saturated rings. The molecular weight excluding hydrogens is 160 g/mol. The SMILES string of the molecule is O=C(CCCO)On1ccnc1. The largest absolute Gasteiger partial charge is 0.396 e. The van der Waals surface area contributed by atoms with E-state index in [2.05, 4.69) is 4.98 Å². The van der Waals surface area contributed by atoms with Crippen molar-refractivity contribution in [3.05, 3.63) is 18.7 Å². The van der Waals surface area contributed by atoms with E-state index in [1.54, 1.807) is 0 Å². The summed E-state index contributed by atoms with van der Waals surface area (Å²) in [5, 5.41) is 8.41. The summed E-state index contributed by atoms with van der Waals surface area (Å²) in [5.41, 5.74) is 0. The van der Waals surface area contributed by atoms with E-state index in [1.165, 1.54) is 23.5 Å². The molecule has 66 valence electrons. The van der Waals surface area contributed by atoms with Gasteiger partial charge < -0.3 is 9.94 Å². The van der Waals surface area contributed by atoms with Crippen LogP contribution in [0.2, 0.25) is 0 Å². The molecule has 0 aliphatic heterocycles. The second-order valence-corrected chi connectivity index (χ2v) is 2.21. The Kier molecular flexibility index (Phi) is 3.28. The summed E-state index contributed by atoms with van der Waals surface area (Å²) in [6, 6.07) is 0. The summed E-state index contributed by atoms with van der Waals surface area (Å²) in [6.07, 6.45) is 5.06. The van der Waals surface area contributed by atoms with Crippen molar-refractivity contribution in [3.63, 3.8) is 0 Å². The number of imidazole rings is 1. The van der Waals surface area contributed by atoms with Crippen molar-refractivity contribution in [2.45, 2.75) is 12.8 Å². The molecule has 12 heavy (non-hydrogen) atoms. The number of carbonyl (C=O) groups is 1. The van der Waals surface area contributed by atoms with Crippen LogP contribution in [-0.4, -0.2) is 27.4 Å². The van der Waals surface area contributed by atoms with E-state index >= 15 is 0 Å². The topological polar surface area (TPSA) is 64.3 Å². The number of carbonyl (C=O) groups excluding carboxylic acids is 1. The minimum absolute atomic E-state index is 0.000964. The van der Waals surface area contributed by atoms with Gasteiger partial charge in [0.15, 0.2) is 0 Å². The zero-order valence-electron chi connectivity index (χ0n) is 6.51. The zero-order chi connectivity index (χ0) is 8.81. The Morgan fingerprint density at radius 3 is 3.08 bits per heavy atom. The van der Waals surface area contributed by atoms with Crippen molar-refractivity contribution in [1.29, 1.82) is 0 Å². The van der Waals surface area contributed by atoms with Crippen molar-refractivity contribution < 1.29 is 14.7 Å². The van der Waals surface area contributed by atoms with Gasteiger partial charge in [-0.25, -0.2) is 9.78 Å². The lowest BCUT2D eigenvalue weighted by Gasteiger charge is -2.01. The van der Waals surface area contributed by atoms with E-state index in [0.29, 0.717) is 6.42 Å². The molecule has 5 heteroatoms. The maximum Gasteiger partial charge on any atom is 0.333 e. The summed E-state index contributed by atoms with van der Waals surface area (Å²) in [5.74, 6) is -0.373. The molecule has 0 aromatic carbocycles. The van der Waals surface area contributed by atoms with Crippen LogP contribution in [0.4, 0.5) is 0 Å². The molecule has 1 rings (SSSR count). The van der Waals surface area contributed by atoms with E-state index in [1.807, 2.05) is 0 Å². The van der Waals surface area contributed by atoms with Crippen molar-refractivity contribution in [2.75, 3.05) is 6.61 Å². The first kappa shape index (κ1) is 8.73. The number of aromatic nitrogens is 2. The molecule has 0 radical (unpaired) electrons. The van der Waals surface area contributed by atoms with Gasteiger partial charge in [-0.2, -0.15) is 4.73 Å². The first-order chi connectivity index (χ1) is 5.83. The Morgan fingerprint density at radius 2 is 2.50 bits per heavy atom. The molecule has 0 saturated carbocycles. The van der Waals surface area contributed by atoms with Gasteiger partial charge in [-0.1, -0.05) is 0 Å². The molecule has 1 aromatic heterocycles. The highest BCUT2D eigenvalue weighted by Gasteiger charge is 2.02. The standard InChI is InChI=1S/C7H10N2O3/c10-5-1-2-7(11)12-9-4-3-8-6-9/h3-4,6,10H,1-2,5H2. The molecule has 0 amide bonds. The fraction of sp³-hybridized carbons (Fsp3) is 0.429. The minimum atomic E-state index is -0.373. The Hall–Kier alpha value is -1.36. The summed E-state index contributed by atoms with van der Waals surface area (Å²) in [4.78, 5) is 19.3. The molecule has 5 nitrogen and oxygen atoms in total. The van der Waals surface area contributed by atoms with Crippen LogP contribution in [0.1, 0.15) is 12.8 Å². The Bertz CT molecular complexity index is 233. The lowest BCUT2D eigenvalue weighted by atomic mass is 10.3. The van der Waals surface area contributed by atoms with Crippen LogP contribution >= 0.6 is 0 Å². The molecule has 1 aromatic rings. The highest BCUT2D eigenvalue weighted by molar-refractivity contribution is 5.69. The molecule has 0 aliphatic carbocycles. The number of aliphatic hydroxyl groups is 1. The van der Waals surface area contributed by atoms with Crippen molar-refractivity contribution in [1.82, 2.24) is 9.71 Å². The predicted octanol–water partition coefficient (Wildman–Crippen LogP) is -0.389. The monoisotopic (exact) mass is 170 g/mol. The molecule has 0 saturated heterocycles. The number of aliphatic hydroxyl groups excluding tert-OH is 1. The van der Waals surface area contributed by atoms with Crippen LogP contribution in [0.3, 0.4) is 0 Å². The van der Waals surface area contributed by atoms with Gasteiger partial charge in [-0.05, 0) is 6.42 Å². The predicted molar refractivity (Wildman–Crippen MR) is 40.1 cm³/mol. The highest BCUT2D eigenvalue weighted by Crippen LogP contribution is 1.89. The normalized spacial score (nSPS) is 9.75. The van der Waals surface area contributed by atoms with Crippen LogP contribution in [0, 0.1) is 0 Å². The average Bonchev–Trinajstić information content (AvgIpc) is 2.53. The Balaban J connectivity index is 2.27. The van der Waals surface area contributed by atoms with E-state index < -0.39 is 0 Å². The van der Waals surface area contributed by atoms with Gasteiger partial charge in [0.05, 0.1) is 12.6 Å². The number of hydrogen-bond acceptors (Lipinski definition) is 4. The van der Waals surface area contributed by atoms with Crippen LogP contribution < -0.4 is 4.84 Å². The van der Waals surface area contributed by atoms with Gasteiger partial charge >= 0.3 is 5.97 Å². The highest BCUT2D eigenvalue weighted by atomic mass is 16.7. The van der Waals surface area contributed by atoms with Crippen LogP contribution in [0.25, 0.3) is 0 Å². The second kappa shape index (κ2) is 4.50.